The van der Waals surface area contributed by atoms with Gasteiger partial charge in [-0.2, -0.15) is 4.36 Å². The van der Waals surface area contributed by atoms with Gasteiger partial charge in [0.15, 0.2) is 0 Å². The highest BCUT2D eigenvalue weighted by Crippen LogP contribution is 2.50. The Kier molecular flexibility index (Phi) is 4.93. The van der Waals surface area contributed by atoms with Crippen molar-refractivity contribution in [1.82, 2.24) is 4.57 Å². The third kappa shape index (κ3) is 3.37. The van der Waals surface area contributed by atoms with Crippen LogP contribution in [0.5, 0.6) is 0 Å². The van der Waals surface area contributed by atoms with E-state index in [0.29, 0.717) is 0 Å². The fourth-order valence-electron chi connectivity index (χ4n) is 5.65. The molecule has 0 N–H and O–H groups in total. The van der Waals surface area contributed by atoms with E-state index in [9.17, 15) is 4.21 Å². The molecular weight excluding hydrogens is 517 g/mol. The van der Waals surface area contributed by atoms with Crippen LogP contribution in [0.2, 0.25) is 0 Å². The van der Waals surface area contributed by atoms with Crippen molar-refractivity contribution in [3.8, 4) is 27.3 Å². The van der Waals surface area contributed by atoms with E-state index in [1.807, 2.05) is 54.6 Å². The first-order valence-electron chi connectivity index (χ1n) is 12.9. The molecule has 3 heterocycles. The first-order valence-corrected chi connectivity index (χ1v) is 15.2. The maximum atomic E-state index is 14.4. The highest BCUT2D eigenvalue weighted by molar-refractivity contribution is 7.94. The second kappa shape index (κ2) is 8.53. The summed E-state index contributed by atoms with van der Waals surface area (Å²) in [5.74, 6) is 0. The van der Waals surface area contributed by atoms with Gasteiger partial charge in [-0.05, 0) is 60.2 Å². The fourth-order valence-corrected chi connectivity index (χ4v) is 9.07. The minimum absolute atomic E-state index is 0.744. The summed E-state index contributed by atoms with van der Waals surface area (Å²) in [6.07, 6.45) is 0. The van der Waals surface area contributed by atoms with Gasteiger partial charge in [0.05, 0.1) is 20.8 Å². The van der Waals surface area contributed by atoms with Crippen molar-refractivity contribution in [2.75, 3.05) is 0 Å². The van der Waals surface area contributed by atoms with E-state index in [2.05, 4.69) is 83.4 Å². The summed E-state index contributed by atoms with van der Waals surface area (Å²) in [4.78, 5) is 2.65. The summed E-state index contributed by atoms with van der Waals surface area (Å²) < 4.78 is 21.7. The van der Waals surface area contributed by atoms with Gasteiger partial charge in [-0.3, -0.25) is 0 Å². The van der Waals surface area contributed by atoms with Crippen molar-refractivity contribution in [3.63, 3.8) is 0 Å². The Bertz CT molecular complexity index is 2170. The van der Waals surface area contributed by atoms with Crippen molar-refractivity contribution in [2.45, 2.75) is 9.79 Å². The molecule has 0 saturated carbocycles. The standard InChI is InChI=1S/C34H22N2OS2/c37-39(25-13-5-2-6-14-25)33-18-10-8-16-27(33)29-22-32(38-34(29)35-39)23-19-20-31-28(21-23)26-15-7-9-17-30(26)36(31)24-11-3-1-4-12-24/h1-22H. The molecule has 1 unspecified atom stereocenters. The van der Waals surface area contributed by atoms with Crippen molar-refractivity contribution in [2.24, 2.45) is 4.36 Å². The summed E-state index contributed by atoms with van der Waals surface area (Å²) in [7, 11) is -2.77. The van der Waals surface area contributed by atoms with Crippen LogP contribution in [0, 0.1) is 0 Å². The van der Waals surface area contributed by atoms with Gasteiger partial charge in [0.25, 0.3) is 0 Å². The highest BCUT2D eigenvalue weighted by Gasteiger charge is 2.28. The van der Waals surface area contributed by atoms with Gasteiger partial charge in [0.1, 0.15) is 14.7 Å². The van der Waals surface area contributed by atoms with Gasteiger partial charge >= 0.3 is 0 Å². The van der Waals surface area contributed by atoms with Crippen molar-refractivity contribution in [3.05, 3.63) is 133 Å². The molecule has 0 spiro atoms. The third-order valence-corrected chi connectivity index (χ3v) is 10.9. The van der Waals surface area contributed by atoms with Crippen LogP contribution in [-0.2, 0) is 9.73 Å². The average Bonchev–Trinajstić information content (AvgIpc) is 3.57. The maximum Gasteiger partial charge on any atom is 0.135 e. The van der Waals surface area contributed by atoms with Crippen LogP contribution in [0.1, 0.15) is 0 Å². The summed E-state index contributed by atoms with van der Waals surface area (Å²) in [6, 6.07) is 45.6. The predicted molar refractivity (Wildman–Crippen MR) is 163 cm³/mol. The Morgan fingerprint density at radius 3 is 2.15 bits per heavy atom. The van der Waals surface area contributed by atoms with Gasteiger partial charge in [-0.25, -0.2) is 4.21 Å². The van der Waals surface area contributed by atoms with Crippen molar-refractivity contribution < 1.29 is 4.21 Å². The Morgan fingerprint density at radius 2 is 1.31 bits per heavy atom. The molecule has 39 heavy (non-hydrogen) atoms. The predicted octanol–water partition coefficient (Wildman–Crippen LogP) is 9.71. The normalized spacial score (nSPS) is 16.1. The minimum Gasteiger partial charge on any atom is -0.309 e. The second-order valence-electron chi connectivity index (χ2n) is 9.68. The number of hydrogen-bond acceptors (Lipinski definition) is 3. The molecule has 186 valence electrons. The molecule has 0 aliphatic carbocycles. The van der Waals surface area contributed by atoms with Gasteiger partial charge in [0.2, 0.25) is 0 Å². The SMILES string of the molecule is O=S1(c2ccccc2)=Nc2sc(-c3ccc4c(c3)c3ccccc3n4-c3ccccc3)cc2-c2ccccc21. The highest BCUT2D eigenvalue weighted by atomic mass is 32.2. The Hall–Kier alpha value is -4.45. The first-order chi connectivity index (χ1) is 19.2. The molecule has 8 rings (SSSR count). The summed E-state index contributed by atoms with van der Waals surface area (Å²) in [5, 5.41) is 3.26. The van der Waals surface area contributed by atoms with Crippen LogP contribution in [0.4, 0.5) is 5.00 Å². The van der Waals surface area contributed by atoms with Crippen molar-refractivity contribution in [1.29, 1.82) is 0 Å². The molecule has 5 aromatic carbocycles. The Labute approximate surface area is 230 Å². The number of benzene rings is 5. The van der Waals surface area contributed by atoms with Gasteiger partial charge in [-0.15, -0.1) is 11.3 Å². The average molecular weight is 539 g/mol. The monoisotopic (exact) mass is 538 g/mol. The fraction of sp³-hybridized carbons (Fsp3) is 0. The molecule has 3 nitrogen and oxygen atoms in total. The lowest BCUT2D eigenvalue weighted by Crippen LogP contribution is -2.06. The first kappa shape index (κ1) is 22.5. The number of rotatable bonds is 3. The van der Waals surface area contributed by atoms with Crippen LogP contribution in [0.3, 0.4) is 0 Å². The number of thiophene rings is 1. The molecule has 1 atom stereocenters. The van der Waals surface area contributed by atoms with Crippen LogP contribution in [0.25, 0.3) is 49.1 Å². The quantitative estimate of drug-likeness (QED) is 0.220. The van der Waals surface area contributed by atoms with E-state index in [4.69, 9.17) is 4.36 Å². The van der Waals surface area contributed by atoms with Crippen LogP contribution in [-0.4, -0.2) is 8.78 Å². The lowest BCUT2D eigenvalue weighted by atomic mass is 10.0. The van der Waals surface area contributed by atoms with E-state index in [-0.39, 0.29) is 0 Å². The zero-order chi connectivity index (χ0) is 26.0. The second-order valence-corrected chi connectivity index (χ2v) is 12.9. The zero-order valence-electron chi connectivity index (χ0n) is 20.8. The van der Waals surface area contributed by atoms with Gasteiger partial charge in [-0.1, -0.05) is 78.9 Å². The largest absolute Gasteiger partial charge is 0.309 e. The van der Waals surface area contributed by atoms with Gasteiger partial charge < -0.3 is 4.57 Å². The number of aromatic nitrogens is 1. The molecule has 0 amide bonds. The number of nitrogens with zero attached hydrogens (tertiary/aromatic N) is 2. The molecule has 0 bridgehead atoms. The van der Waals surface area contributed by atoms with Crippen LogP contribution >= 0.6 is 11.3 Å². The van der Waals surface area contributed by atoms with Crippen molar-refractivity contribution >= 4 is 47.9 Å². The molecule has 0 radical (unpaired) electrons. The lowest BCUT2D eigenvalue weighted by molar-refractivity contribution is 0.676. The molecule has 0 saturated heterocycles. The molecular formula is C34H22N2OS2. The van der Waals surface area contributed by atoms with Crippen LogP contribution in [0.15, 0.2) is 148 Å². The topological polar surface area (TPSA) is 34.4 Å². The summed E-state index contributed by atoms with van der Waals surface area (Å²) in [5.41, 5.74) is 6.70. The summed E-state index contributed by atoms with van der Waals surface area (Å²) in [6.45, 7) is 0. The van der Waals surface area contributed by atoms with E-state index in [0.717, 1.165) is 42.0 Å². The smallest absolute Gasteiger partial charge is 0.135 e. The Balaban J connectivity index is 1.34. The van der Waals surface area contributed by atoms with E-state index >= 15 is 0 Å². The summed E-state index contributed by atoms with van der Waals surface area (Å²) >= 11 is 1.61. The molecule has 7 aromatic rings. The minimum atomic E-state index is -2.77. The molecule has 1 aliphatic rings. The van der Waals surface area contributed by atoms with E-state index in [1.54, 1.807) is 11.3 Å². The van der Waals surface area contributed by atoms with E-state index in [1.165, 1.54) is 21.8 Å². The number of para-hydroxylation sites is 2. The van der Waals surface area contributed by atoms with Crippen LogP contribution < -0.4 is 0 Å². The maximum absolute atomic E-state index is 14.4. The number of hydrogen-bond donors (Lipinski definition) is 0. The molecule has 5 heteroatoms. The molecule has 0 fully saturated rings. The number of fused-ring (bicyclic) bond motifs is 6. The third-order valence-electron chi connectivity index (χ3n) is 7.43. The molecule has 2 aromatic heterocycles. The Morgan fingerprint density at radius 1 is 0.615 bits per heavy atom. The zero-order valence-corrected chi connectivity index (χ0v) is 22.5. The van der Waals surface area contributed by atoms with E-state index < -0.39 is 9.73 Å². The molecule has 1 aliphatic heterocycles. The van der Waals surface area contributed by atoms with Gasteiger partial charge in [0, 0.05) is 32.5 Å². The lowest BCUT2D eigenvalue weighted by Gasteiger charge is -2.19.